The van der Waals surface area contributed by atoms with Crippen LogP contribution in [0.15, 0.2) is 54.9 Å². The molecule has 4 unspecified atom stereocenters. The van der Waals surface area contributed by atoms with Crippen molar-refractivity contribution >= 4 is 17.0 Å². The summed E-state index contributed by atoms with van der Waals surface area (Å²) in [5, 5.41) is 4.30. The quantitative estimate of drug-likeness (QED) is 0.181. The Hall–Kier alpha value is -4.64. The number of hydrogen-bond acceptors (Lipinski definition) is 6. The lowest BCUT2D eigenvalue weighted by molar-refractivity contribution is 0.0218. The second kappa shape index (κ2) is 11.3. The standard InChI is InChI=1S/C36H40FN7O3/c1-5-32-44-28-11-9-20(26-19-40-34(42-26)29-7-6-12-43(29)35(45)47-36(2,3)4)13-22(28)14-30(44)24-10-8-21(15-31(24)46-32)27-18-39-33(41-27)25-16-23(37)17-38-25/h8-11,13-15,18-19,23,25,29,32,38H,5-7,12,16-17H2,1-4H3,(H,39,41)(H,40,42). The summed E-state index contributed by atoms with van der Waals surface area (Å²) in [5.74, 6) is 2.36. The van der Waals surface area contributed by atoms with Gasteiger partial charge in [0.25, 0.3) is 0 Å². The summed E-state index contributed by atoms with van der Waals surface area (Å²) < 4.78 is 28.3. The molecule has 0 spiro atoms. The second-order valence-corrected chi connectivity index (χ2v) is 13.9. The normalized spacial score (nSPS) is 22.4. The molecule has 0 saturated carbocycles. The Bertz CT molecular complexity index is 1970. The summed E-state index contributed by atoms with van der Waals surface area (Å²) in [4.78, 5) is 30.8. The van der Waals surface area contributed by atoms with Gasteiger partial charge in [-0.1, -0.05) is 19.1 Å². The monoisotopic (exact) mass is 637 g/mol. The van der Waals surface area contributed by atoms with Crippen molar-refractivity contribution in [2.45, 2.75) is 83.5 Å². The third-order valence-electron chi connectivity index (χ3n) is 9.41. The number of imidazole rings is 2. The summed E-state index contributed by atoms with van der Waals surface area (Å²) in [7, 11) is 0. The number of H-pyrrole nitrogens is 2. The Labute approximate surface area is 272 Å². The number of rotatable bonds is 5. The van der Waals surface area contributed by atoms with Crippen LogP contribution in [-0.2, 0) is 4.74 Å². The highest BCUT2D eigenvalue weighted by Crippen LogP contribution is 2.45. The van der Waals surface area contributed by atoms with Crippen molar-refractivity contribution in [2.24, 2.45) is 0 Å². The van der Waals surface area contributed by atoms with E-state index < -0.39 is 11.8 Å². The van der Waals surface area contributed by atoms with E-state index in [1.165, 1.54) is 0 Å². The maximum absolute atomic E-state index is 13.7. The molecule has 244 valence electrons. The molecule has 2 aromatic carbocycles. The van der Waals surface area contributed by atoms with Crippen LogP contribution in [0, 0.1) is 0 Å². The Morgan fingerprint density at radius 1 is 1.04 bits per heavy atom. The van der Waals surface area contributed by atoms with Gasteiger partial charge in [0.05, 0.1) is 47.1 Å². The lowest BCUT2D eigenvalue weighted by atomic mass is 10.0. The average Bonchev–Trinajstić information content (AvgIpc) is 3.88. The number of carbonyl (C=O) groups excluding carboxylic acids is 1. The van der Waals surface area contributed by atoms with Crippen LogP contribution in [0.4, 0.5) is 9.18 Å². The van der Waals surface area contributed by atoms with Crippen LogP contribution in [0.25, 0.3) is 44.7 Å². The van der Waals surface area contributed by atoms with Crippen LogP contribution in [0.5, 0.6) is 5.75 Å². The lowest BCUT2D eigenvalue weighted by Crippen LogP contribution is -2.36. The molecule has 1 amide bonds. The fraction of sp³-hybridized carbons (Fsp3) is 0.417. The van der Waals surface area contributed by atoms with E-state index in [-0.39, 0.29) is 24.4 Å². The van der Waals surface area contributed by atoms with Crippen LogP contribution in [-0.4, -0.2) is 60.4 Å². The van der Waals surface area contributed by atoms with Crippen molar-refractivity contribution in [1.82, 2.24) is 34.7 Å². The van der Waals surface area contributed by atoms with Gasteiger partial charge in [-0.3, -0.25) is 4.90 Å². The van der Waals surface area contributed by atoms with Gasteiger partial charge in [0.2, 0.25) is 0 Å². The van der Waals surface area contributed by atoms with E-state index in [9.17, 15) is 9.18 Å². The van der Waals surface area contributed by atoms with Crippen LogP contribution < -0.4 is 10.1 Å². The fourth-order valence-corrected chi connectivity index (χ4v) is 7.19. The van der Waals surface area contributed by atoms with Crippen LogP contribution in [0.2, 0.25) is 0 Å². The molecule has 10 nitrogen and oxygen atoms in total. The number of alkyl halides is 1. The lowest BCUT2D eigenvalue weighted by Gasteiger charge is -2.29. The molecule has 5 aromatic rings. The van der Waals surface area contributed by atoms with Gasteiger partial charge in [0.15, 0.2) is 6.23 Å². The number of halogens is 1. The number of carbonyl (C=O) groups is 1. The van der Waals surface area contributed by atoms with Crippen molar-refractivity contribution in [3.63, 3.8) is 0 Å². The number of likely N-dealkylation sites (tertiary alicyclic amines) is 1. The zero-order valence-electron chi connectivity index (χ0n) is 27.1. The van der Waals surface area contributed by atoms with Gasteiger partial charge in [-0.05, 0) is 63.9 Å². The van der Waals surface area contributed by atoms with Crippen molar-refractivity contribution in [3.8, 4) is 39.5 Å². The summed E-state index contributed by atoms with van der Waals surface area (Å²) >= 11 is 0. The summed E-state index contributed by atoms with van der Waals surface area (Å²) in [6, 6.07) is 14.7. The Morgan fingerprint density at radius 3 is 2.53 bits per heavy atom. The number of amides is 1. The van der Waals surface area contributed by atoms with Crippen LogP contribution >= 0.6 is 0 Å². The third kappa shape index (κ3) is 5.36. The van der Waals surface area contributed by atoms with Crippen molar-refractivity contribution in [3.05, 3.63) is 66.5 Å². The zero-order chi connectivity index (χ0) is 32.4. The summed E-state index contributed by atoms with van der Waals surface area (Å²) in [5.41, 5.74) is 6.47. The van der Waals surface area contributed by atoms with E-state index >= 15 is 0 Å². The molecule has 0 bridgehead atoms. The zero-order valence-corrected chi connectivity index (χ0v) is 27.1. The predicted octanol–water partition coefficient (Wildman–Crippen LogP) is 7.83. The highest BCUT2D eigenvalue weighted by atomic mass is 19.1. The minimum absolute atomic E-state index is 0.0966. The summed E-state index contributed by atoms with van der Waals surface area (Å²) in [6.07, 6.45) is 5.35. The number of aromatic nitrogens is 5. The maximum atomic E-state index is 13.7. The molecule has 8 rings (SSSR count). The first-order valence-corrected chi connectivity index (χ1v) is 16.6. The minimum atomic E-state index is -0.842. The van der Waals surface area contributed by atoms with Gasteiger partial charge >= 0.3 is 6.09 Å². The third-order valence-corrected chi connectivity index (χ3v) is 9.41. The van der Waals surface area contributed by atoms with Crippen molar-refractivity contribution < 1.29 is 18.7 Å². The van der Waals surface area contributed by atoms with E-state index in [0.717, 1.165) is 81.3 Å². The van der Waals surface area contributed by atoms with Crippen LogP contribution in [0.3, 0.4) is 0 Å². The number of ether oxygens (including phenoxy) is 2. The molecule has 0 radical (unpaired) electrons. The Balaban J connectivity index is 1.08. The fourth-order valence-electron chi connectivity index (χ4n) is 7.19. The largest absolute Gasteiger partial charge is 0.469 e. The van der Waals surface area contributed by atoms with Gasteiger partial charge < -0.3 is 29.3 Å². The first kappa shape index (κ1) is 29.7. The Morgan fingerprint density at radius 2 is 1.79 bits per heavy atom. The Kier molecular flexibility index (Phi) is 7.12. The number of nitrogens with zero attached hydrogens (tertiary/aromatic N) is 4. The molecule has 2 fully saturated rings. The van der Waals surface area contributed by atoms with E-state index in [0.29, 0.717) is 19.5 Å². The second-order valence-electron chi connectivity index (χ2n) is 13.9. The smallest absolute Gasteiger partial charge is 0.410 e. The predicted molar refractivity (Wildman–Crippen MR) is 178 cm³/mol. The average molecular weight is 638 g/mol. The maximum Gasteiger partial charge on any atom is 0.410 e. The van der Waals surface area contributed by atoms with E-state index in [1.54, 1.807) is 4.90 Å². The van der Waals surface area contributed by atoms with E-state index in [4.69, 9.17) is 14.5 Å². The topological polar surface area (TPSA) is 113 Å². The number of nitrogens with one attached hydrogen (secondary N) is 3. The molecule has 3 aliphatic rings. The molecule has 0 aliphatic carbocycles. The van der Waals surface area contributed by atoms with E-state index in [1.807, 2.05) is 33.2 Å². The van der Waals surface area contributed by atoms with Crippen molar-refractivity contribution in [1.29, 1.82) is 0 Å². The molecule has 3 aliphatic heterocycles. The molecule has 47 heavy (non-hydrogen) atoms. The molecule has 3 aromatic heterocycles. The molecule has 6 heterocycles. The van der Waals surface area contributed by atoms with Gasteiger partial charge in [0, 0.05) is 48.0 Å². The highest BCUT2D eigenvalue weighted by Gasteiger charge is 2.35. The highest BCUT2D eigenvalue weighted by molar-refractivity contribution is 5.92. The summed E-state index contributed by atoms with van der Waals surface area (Å²) in [6.45, 7) is 8.81. The first-order chi connectivity index (χ1) is 22.6. The van der Waals surface area contributed by atoms with E-state index in [2.05, 4.69) is 74.2 Å². The molecular formula is C36H40FN7O3. The number of aromatic amines is 2. The molecule has 3 N–H and O–H groups in total. The van der Waals surface area contributed by atoms with Gasteiger partial charge in [-0.2, -0.15) is 0 Å². The van der Waals surface area contributed by atoms with Gasteiger partial charge in [-0.25, -0.2) is 19.2 Å². The number of hydrogen-bond donors (Lipinski definition) is 3. The van der Waals surface area contributed by atoms with Gasteiger partial charge in [-0.15, -0.1) is 0 Å². The van der Waals surface area contributed by atoms with Crippen LogP contribution in [0.1, 0.15) is 83.3 Å². The SMILES string of the molecule is CCC1Oc2cc(-c3cnc(C4CC(F)CN4)[nH]3)ccc2-c2cc3cc(-c4cnc(C5CCCN5C(=O)OC(C)(C)C)[nH]4)ccc3n21. The molecular weight excluding hydrogens is 597 g/mol. The first-order valence-electron chi connectivity index (χ1n) is 16.6. The van der Waals surface area contributed by atoms with Crippen molar-refractivity contribution in [2.75, 3.05) is 13.1 Å². The molecule has 4 atom stereocenters. The number of fused-ring (bicyclic) bond motifs is 5. The number of benzene rings is 2. The minimum Gasteiger partial charge on any atom is -0.469 e. The van der Waals surface area contributed by atoms with Gasteiger partial charge in [0.1, 0.15) is 29.2 Å². The molecule has 2 saturated heterocycles. The molecule has 11 heteroatoms.